The third-order valence-electron chi connectivity index (χ3n) is 7.47. The molecule has 0 saturated carbocycles. The van der Waals surface area contributed by atoms with Crippen molar-refractivity contribution in [3.05, 3.63) is 69.3 Å². The number of fused-ring (bicyclic) bond motifs is 3. The average molecular weight is 446 g/mol. The Bertz CT molecular complexity index is 1170. The molecule has 1 aliphatic carbocycles. The van der Waals surface area contributed by atoms with Gasteiger partial charge < -0.3 is 4.90 Å². The molecule has 0 amide bonds. The molecule has 5 nitrogen and oxygen atoms in total. The van der Waals surface area contributed by atoms with Crippen molar-refractivity contribution < 1.29 is 4.92 Å². The second-order valence-electron chi connectivity index (χ2n) is 10.8. The molecule has 0 saturated heterocycles. The van der Waals surface area contributed by atoms with Crippen molar-refractivity contribution in [3.8, 4) is 0 Å². The standard InChI is InChI=1S/C28H35N3O2/c1-8-9-10-18(2)26-20-16-21-22(28(5,6)14-13-27(21,3)4)17-25(20)30(7)24-12-11-19(31(32)33)15-23(24)29-26/h9-12,15-18H,8,13-14H2,1-7H3/b10-9-. The van der Waals surface area contributed by atoms with Crippen LogP contribution in [-0.4, -0.2) is 17.7 Å². The topological polar surface area (TPSA) is 58.7 Å². The summed E-state index contributed by atoms with van der Waals surface area (Å²) in [6, 6.07) is 9.71. The molecule has 2 aromatic carbocycles. The first-order valence-electron chi connectivity index (χ1n) is 11.9. The minimum Gasteiger partial charge on any atom is -0.342 e. The zero-order valence-corrected chi connectivity index (χ0v) is 20.9. The van der Waals surface area contributed by atoms with E-state index in [4.69, 9.17) is 4.99 Å². The van der Waals surface area contributed by atoms with Crippen molar-refractivity contribution in [1.29, 1.82) is 0 Å². The molecular weight excluding hydrogens is 410 g/mol. The highest BCUT2D eigenvalue weighted by Crippen LogP contribution is 2.50. The number of anilines is 2. The second-order valence-corrected chi connectivity index (χ2v) is 10.8. The number of nitrogens with zero attached hydrogens (tertiary/aromatic N) is 3. The van der Waals surface area contributed by atoms with E-state index in [9.17, 15) is 10.1 Å². The van der Waals surface area contributed by atoms with Crippen LogP contribution in [0, 0.1) is 16.0 Å². The fourth-order valence-electron chi connectivity index (χ4n) is 5.18. The van der Waals surface area contributed by atoms with Crippen LogP contribution < -0.4 is 4.90 Å². The lowest BCUT2D eigenvalue weighted by Gasteiger charge is -2.43. The summed E-state index contributed by atoms with van der Waals surface area (Å²) in [5.41, 5.74) is 7.75. The SMILES string of the molecule is CC/C=C\C(C)C1=Nc2cc([N+](=O)[O-])ccc2N(C)c2cc3c(cc21)C(C)(C)CCC3(C)C. The monoisotopic (exact) mass is 445 g/mol. The highest BCUT2D eigenvalue weighted by molar-refractivity contribution is 6.11. The number of aliphatic imine (C=N–C) groups is 1. The van der Waals surface area contributed by atoms with Crippen molar-refractivity contribution in [2.24, 2.45) is 10.9 Å². The Morgan fingerprint density at radius 1 is 1.09 bits per heavy atom. The number of benzene rings is 2. The zero-order chi connectivity index (χ0) is 24.1. The molecule has 174 valence electrons. The van der Waals surface area contributed by atoms with Gasteiger partial charge in [-0.25, -0.2) is 4.99 Å². The first kappa shape index (κ1) is 23.2. The minimum absolute atomic E-state index is 0.0644. The lowest BCUT2D eigenvalue weighted by molar-refractivity contribution is -0.384. The molecular formula is C28H35N3O2. The van der Waals surface area contributed by atoms with Gasteiger partial charge >= 0.3 is 0 Å². The second kappa shape index (κ2) is 8.12. The van der Waals surface area contributed by atoms with Crippen LogP contribution in [0.25, 0.3) is 0 Å². The molecule has 0 radical (unpaired) electrons. The normalized spacial score (nSPS) is 19.2. The highest BCUT2D eigenvalue weighted by atomic mass is 16.6. The lowest BCUT2D eigenvalue weighted by Crippen LogP contribution is -2.34. The van der Waals surface area contributed by atoms with Crippen molar-refractivity contribution in [2.45, 2.75) is 71.6 Å². The molecule has 5 heteroatoms. The van der Waals surface area contributed by atoms with Crippen molar-refractivity contribution in [3.63, 3.8) is 0 Å². The zero-order valence-electron chi connectivity index (χ0n) is 20.9. The van der Waals surface area contributed by atoms with E-state index in [-0.39, 0.29) is 27.4 Å². The van der Waals surface area contributed by atoms with E-state index < -0.39 is 0 Å². The molecule has 1 heterocycles. The van der Waals surface area contributed by atoms with Crippen LogP contribution >= 0.6 is 0 Å². The fourth-order valence-corrected chi connectivity index (χ4v) is 5.18. The van der Waals surface area contributed by atoms with Crippen molar-refractivity contribution in [1.82, 2.24) is 0 Å². The molecule has 0 aromatic heterocycles. The van der Waals surface area contributed by atoms with Gasteiger partial charge in [-0.2, -0.15) is 0 Å². The van der Waals surface area contributed by atoms with Gasteiger partial charge in [-0.1, -0.05) is 53.7 Å². The number of allylic oxidation sites excluding steroid dienone is 2. The minimum atomic E-state index is -0.350. The van der Waals surface area contributed by atoms with Gasteiger partial charge in [-0.05, 0) is 59.4 Å². The summed E-state index contributed by atoms with van der Waals surface area (Å²) in [6.45, 7) is 13.6. The third kappa shape index (κ3) is 3.98. The number of rotatable bonds is 4. The van der Waals surface area contributed by atoms with Gasteiger partial charge in [-0.3, -0.25) is 10.1 Å². The first-order chi connectivity index (χ1) is 15.5. The summed E-state index contributed by atoms with van der Waals surface area (Å²) >= 11 is 0. The molecule has 1 unspecified atom stereocenters. The van der Waals surface area contributed by atoms with E-state index in [0.29, 0.717) is 5.69 Å². The molecule has 0 N–H and O–H groups in total. The summed E-state index contributed by atoms with van der Waals surface area (Å²) in [5.74, 6) is 0.0834. The lowest BCUT2D eigenvalue weighted by atomic mass is 9.62. The number of nitro groups is 1. The van der Waals surface area contributed by atoms with Gasteiger partial charge in [0.25, 0.3) is 5.69 Å². The Kier molecular flexibility index (Phi) is 5.71. The smallest absolute Gasteiger partial charge is 0.271 e. The number of hydrogen-bond acceptors (Lipinski definition) is 4. The van der Waals surface area contributed by atoms with Gasteiger partial charge in [0.05, 0.1) is 27.7 Å². The van der Waals surface area contributed by atoms with Crippen molar-refractivity contribution in [2.75, 3.05) is 11.9 Å². The third-order valence-corrected chi connectivity index (χ3v) is 7.47. The van der Waals surface area contributed by atoms with Crippen LogP contribution in [0.1, 0.15) is 77.5 Å². The summed E-state index contributed by atoms with van der Waals surface area (Å²) in [5, 5.41) is 11.5. The van der Waals surface area contributed by atoms with E-state index in [2.05, 4.69) is 70.7 Å². The predicted molar refractivity (Wildman–Crippen MR) is 138 cm³/mol. The highest BCUT2D eigenvalue weighted by Gasteiger charge is 2.39. The van der Waals surface area contributed by atoms with Gasteiger partial charge in [-0.15, -0.1) is 0 Å². The molecule has 0 bridgehead atoms. The van der Waals surface area contributed by atoms with Crippen LogP contribution in [0.2, 0.25) is 0 Å². The Hall–Kier alpha value is -2.95. The summed E-state index contributed by atoms with van der Waals surface area (Å²) in [4.78, 5) is 18.4. The summed E-state index contributed by atoms with van der Waals surface area (Å²) in [6.07, 6.45) is 7.61. The molecule has 0 spiro atoms. The van der Waals surface area contributed by atoms with E-state index in [0.717, 1.165) is 41.9 Å². The molecule has 33 heavy (non-hydrogen) atoms. The number of hydrogen-bond donors (Lipinski definition) is 0. The molecule has 0 fully saturated rings. The molecule has 4 rings (SSSR count). The van der Waals surface area contributed by atoms with E-state index in [1.54, 1.807) is 12.1 Å². The van der Waals surface area contributed by atoms with E-state index >= 15 is 0 Å². The fraction of sp³-hybridized carbons (Fsp3) is 0.464. The maximum Gasteiger partial charge on any atom is 0.271 e. The molecule has 2 aliphatic rings. The maximum absolute atomic E-state index is 11.5. The van der Waals surface area contributed by atoms with Crippen molar-refractivity contribution >= 4 is 28.5 Å². The van der Waals surface area contributed by atoms with E-state index in [1.165, 1.54) is 11.1 Å². The average Bonchev–Trinajstić information content (AvgIpc) is 2.89. The summed E-state index contributed by atoms with van der Waals surface area (Å²) in [7, 11) is 2.04. The molecule has 1 aliphatic heterocycles. The number of nitro benzene ring substituents is 1. The quantitative estimate of drug-likeness (QED) is 0.275. The van der Waals surface area contributed by atoms with Gasteiger partial charge in [0.1, 0.15) is 0 Å². The Morgan fingerprint density at radius 3 is 2.33 bits per heavy atom. The largest absolute Gasteiger partial charge is 0.342 e. The van der Waals surface area contributed by atoms with E-state index in [1.807, 2.05) is 13.1 Å². The Labute approximate surface area is 197 Å². The van der Waals surface area contributed by atoms with Crippen LogP contribution in [0.4, 0.5) is 22.7 Å². The van der Waals surface area contributed by atoms with Gasteiger partial charge in [0.2, 0.25) is 0 Å². The predicted octanol–water partition coefficient (Wildman–Crippen LogP) is 7.75. The van der Waals surface area contributed by atoms with Crippen LogP contribution in [0.15, 0.2) is 47.5 Å². The maximum atomic E-state index is 11.5. The summed E-state index contributed by atoms with van der Waals surface area (Å²) < 4.78 is 0. The van der Waals surface area contributed by atoms with Gasteiger partial charge in [0.15, 0.2) is 0 Å². The molecule has 1 atom stereocenters. The Balaban J connectivity index is 2.04. The first-order valence-corrected chi connectivity index (χ1v) is 11.9. The number of non-ortho nitro benzene ring substituents is 1. The van der Waals surface area contributed by atoms with Gasteiger partial charge in [0, 0.05) is 30.7 Å². The van der Waals surface area contributed by atoms with Crippen LogP contribution in [0.5, 0.6) is 0 Å². The van der Waals surface area contributed by atoms with Crippen LogP contribution in [-0.2, 0) is 10.8 Å². The molecule has 2 aromatic rings. The van der Waals surface area contributed by atoms with Crippen LogP contribution in [0.3, 0.4) is 0 Å². The Morgan fingerprint density at radius 2 is 1.73 bits per heavy atom.